The molecule has 0 aromatic heterocycles. The van der Waals surface area contributed by atoms with E-state index in [9.17, 15) is 9.59 Å². The lowest BCUT2D eigenvalue weighted by Crippen LogP contribution is -2.43. The van der Waals surface area contributed by atoms with Gasteiger partial charge in [-0.05, 0) is 61.4 Å². The molecule has 0 spiro atoms. The summed E-state index contributed by atoms with van der Waals surface area (Å²) in [5.41, 5.74) is 5.74. The molecule has 2 atom stereocenters. The number of hydrogen-bond donors (Lipinski definition) is 1. The molecule has 0 radical (unpaired) electrons. The maximum Gasteiger partial charge on any atom is 0.224 e. The van der Waals surface area contributed by atoms with Gasteiger partial charge < -0.3 is 10.2 Å². The first-order chi connectivity index (χ1) is 12.9. The van der Waals surface area contributed by atoms with Gasteiger partial charge in [-0.15, -0.1) is 5.73 Å². The number of fused-ring (bicyclic) bond motifs is 1. The van der Waals surface area contributed by atoms with E-state index in [2.05, 4.69) is 17.6 Å². The quantitative estimate of drug-likeness (QED) is 0.452. The summed E-state index contributed by atoms with van der Waals surface area (Å²) >= 11 is 5.97. The van der Waals surface area contributed by atoms with Gasteiger partial charge in [0.2, 0.25) is 5.91 Å². The molecule has 0 fully saturated rings. The van der Waals surface area contributed by atoms with Gasteiger partial charge in [-0.2, -0.15) is 0 Å². The minimum Gasteiger partial charge on any atom is -0.378 e. The molecule has 0 saturated heterocycles. The molecule has 1 N–H and O–H groups in total. The molecule has 5 heteroatoms. The van der Waals surface area contributed by atoms with Gasteiger partial charge >= 0.3 is 0 Å². The molecule has 2 unspecified atom stereocenters. The van der Waals surface area contributed by atoms with Crippen molar-refractivity contribution in [2.75, 3.05) is 10.2 Å². The molecular weight excluding hydrogens is 360 g/mol. The van der Waals surface area contributed by atoms with E-state index in [0.717, 1.165) is 23.4 Å². The number of rotatable bonds is 4. The van der Waals surface area contributed by atoms with Gasteiger partial charge in [-0.25, -0.2) is 0 Å². The maximum atomic E-state index is 12.2. The summed E-state index contributed by atoms with van der Waals surface area (Å²) in [5, 5.41) is 4.18. The SMILES string of the molecule is C=C=CC(=O)c1ccc2c(c1)C(Nc1ccc(Cl)cc1)CC(C)N2C(C)=O. The average molecular weight is 381 g/mol. The van der Waals surface area contributed by atoms with Crippen molar-refractivity contribution >= 4 is 34.7 Å². The van der Waals surface area contributed by atoms with Crippen molar-refractivity contribution in [2.24, 2.45) is 0 Å². The first-order valence-electron chi connectivity index (χ1n) is 8.76. The Hall–Kier alpha value is -2.81. The summed E-state index contributed by atoms with van der Waals surface area (Å²) in [6.07, 6.45) is 2.04. The van der Waals surface area contributed by atoms with E-state index >= 15 is 0 Å². The van der Waals surface area contributed by atoms with E-state index in [4.69, 9.17) is 11.6 Å². The van der Waals surface area contributed by atoms with Crippen LogP contribution in [-0.4, -0.2) is 17.7 Å². The number of carbonyl (C=O) groups excluding carboxylic acids is 2. The van der Waals surface area contributed by atoms with Crippen molar-refractivity contribution < 1.29 is 9.59 Å². The minimum atomic E-state index is -0.161. The lowest BCUT2D eigenvalue weighted by molar-refractivity contribution is -0.117. The number of anilines is 2. The number of allylic oxidation sites excluding steroid dienone is 1. The fourth-order valence-electron chi connectivity index (χ4n) is 3.56. The first-order valence-corrected chi connectivity index (χ1v) is 9.14. The molecule has 0 saturated carbocycles. The highest BCUT2D eigenvalue weighted by Gasteiger charge is 2.32. The van der Waals surface area contributed by atoms with Gasteiger partial charge in [0.25, 0.3) is 0 Å². The van der Waals surface area contributed by atoms with Crippen molar-refractivity contribution in [3.8, 4) is 0 Å². The topological polar surface area (TPSA) is 49.4 Å². The van der Waals surface area contributed by atoms with Crippen LogP contribution >= 0.6 is 11.6 Å². The van der Waals surface area contributed by atoms with E-state index in [0.29, 0.717) is 10.6 Å². The van der Waals surface area contributed by atoms with Gasteiger partial charge in [0.15, 0.2) is 5.78 Å². The Bertz CT molecular complexity index is 930. The molecule has 1 aliphatic rings. The minimum absolute atomic E-state index is 0.0150. The summed E-state index contributed by atoms with van der Waals surface area (Å²) < 4.78 is 0. The van der Waals surface area contributed by atoms with E-state index < -0.39 is 0 Å². The zero-order chi connectivity index (χ0) is 19.6. The number of hydrogen-bond acceptors (Lipinski definition) is 3. The molecule has 2 aromatic carbocycles. The zero-order valence-electron chi connectivity index (χ0n) is 15.3. The molecular formula is C22H21ClN2O2. The van der Waals surface area contributed by atoms with Gasteiger partial charge in [-0.3, -0.25) is 9.59 Å². The van der Waals surface area contributed by atoms with Crippen LogP contribution in [0.3, 0.4) is 0 Å². The van der Waals surface area contributed by atoms with Crippen molar-refractivity contribution in [1.82, 2.24) is 0 Å². The average Bonchev–Trinajstić information content (AvgIpc) is 2.63. The summed E-state index contributed by atoms with van der Waals surface area (Å²) in [4.78, 5) is 26.2. The Labute approximate surface area is 164 Å². The van der Waals surface area contributed by atoms with E-state index in [1.54, 1.807) is 17.9 Å². The van der Waals surface area contributed by atoms with Crippen molar-refractivity contribution in [3.63, 3.8) is 0 Å². The molecule has 0 bridgehead atoms. The highest BCUT2D eigenvalue weighted by Crippen LogP contribution is 2.39. The fraction of sp³-hybridized carbons (Fsp3) is 0.227. The van der Waals surface area contributed by atoms with Gasteiger partial charge in [0.05, 0.1) is 6.04 Å². The van der Waals surface area contributed by atoms with Crippen LogP contribution < -0.4 is 10.2 Å². The Balaban J connectivity index is 2.05. The first kappa shape index (κ1) is 19.0. The van der Waals surface area contributed by atoms with Gasteiger partial charge in [0.1, 0.15) is 0 Å². The Morgan fingerprint density at radius 3 is 2.59 bits per heavy atom. The second-order valence-electron chi connectivity index (χ2n) is 6.66. The van der Waals surface area contributed by atoms with Crippen LogP contribution in [0.1, 0.15) is 42.2 Å². The van der Waals surface area contributed by atoms with Crippen molar-refractivity contribution in [1.29, 1.82) is 0 Å². The number of nitrogens with zero attached hydrogens (tertiary/aromatic N) is 1. The monoisotopic (exact) mass is 380 g/mol. The van der Waals surface area contributed by atoms with Crippen molar-refractivity contribution in [3.05, 3.63) is 77.0 Å². The second kappa shape index (κ2) is 7.83. The molecule has 2 aromatic rings. The lowest BCUT2D eigenvalue weighted by Gasteiger charge is -2.39. The van der Waals surface area contributed by atoms with E-state index in [1.807, 2.05) is 43.3 Å². The number of halogens is 1. The number of nitrogens with one attached hydrogen (secondary N) is 1. The summed E-state index contributed by atoms with van der Waals surface area (Å²) in [5.74, 6) is -0.176. The van der Waals surface area contributed by atoms with Crippen LogP contribution in [0.5, 0.6) is 0 Å². The molecule has 138 valence electrons. The summed E-state index contributed by atoms with van der Waals surface area (Å²) in [6.45, 7) is 7.05. The third-order valence-electron chi connectivity index (χ3n) is 4.72. The molecule has 4 nitrogen and oxygen atoms in total. The molecule has 27 heavy (non-hydrogen) atoms. The number of amides is 1. The number of carbonyl (C=O) groups is 2. The molecule has 0 aliphatic carbocycles. The third-order valence-corrected chi connectivity index (χ3v) is 4.97. The molecule has 1 heterocycles. The zero-order valence-corrected chi connectivity index (χ0v) is 16.1. The normalized spacial score (nSPS) is 18.3. The molecule has 3 rings (SSSR count). The predicted octanol–water partition coefficient (Wildman–Crippen LogP) is 5.16. The maximum absolute atomic E-state index is 12.2. The predicted molar refractivity (Wildman–Crippen MR) is 110 cm³/mol. The second-order valence-corrected chi connectivity index (χ2v) is 7.10. The van der Waals surface area contributed by atoms with E-state index in [1.165, 1.54) is 6.08 Å². The Kier molecular flexibility index (Phi) is 5.50. The fourth-order valence-corrected chi connectivity index (χ4v) is 3.68. The number of ketones is 1. The summed E-state index contributed by atoms with van der Waals surface area (Å²) in [7, 11) is 0. The van der Waals surface area contributed by atoms with Crippen LogP contribution in [0.2, 0.25) is 5.02 Å². The largest absolute Gasteiger partial charge is 0.378 e. The highest BCUT2D eigenvalue weighted by molar-refractivity contribution is 6.30. The summed E-state index contributed by atoms with van der Waals surface area (Å²) in [6, 6.07) is 12.9. The smallest absolute Gasteiger partial charge is 0.224 e. The van der Waals surface area contributed by atoms with Gasteiger partial charge in [-0.1, -0.05) is 18.2 Å². The lowest BCUT2D eigenvalue weighted by atomic mass is 9.89. The highest BCUT2D eigenvalue weighted by atomic mass is 35.5. The van der Waals surface area contributed by atoms with E-state index in [-0.39, 0.29) is 23.8 Å². The number of benzene rings is 2. The van der Waals surface area contributed by atoms with Crippen LogP contribution in [0, 0.1) is 0 Å². The standard InChI is InChI=1S/C22H21ClN2O2/c1-4-5-22(27)16-6-11-21-19(13-16)20(12-14(2)25(21)15(3)26)24-18-9-7-17(23)8-10-18/h5-11,13-14,20,24H,1,12H2,2-3H3. The van der Waals surface area contributed by atoms with Crippen LogP contribution in [0.4, 0.5) is 11.4 Å². The third kappa shape index (κ3) is 3.97. The molecule has 1 aliphatic heterocycles. The van der Waals surface area contributed by atoms with Crippen LogP contribution in [0.25, 0.3) is 0 Å². The van der Waals surface area contributed by atoms with Gasteiger partial charge in [0, 0.05) is 41.0 Å². The van der Waals surface area contributed by atoms with Crippen molar-refractivity contribution in [2.45, 2.75) is 32.4 Å². The Morgan fingerprint density at radius 2 is 1.96 bits per heavy atom. The molecule has 1 amide bonds. The van der Waals surface area contributed by atoms with Crippen LogP contribution in [-0.2, 0) is 4.79 Å². The van der Waals surface area contributed by atoms with Crippen LogP contribution in [0.15, 0.2) is 60.9 Å². The Morgan fingerprint density at radius 1 is 1.26 bits per heavy atom.